The molecular formula is C12H17ClN4OS. The molecule has 2 rings (SSSR count). The molecule has 0 aliphatic rings. The predicted molar refractivity (Wildman–Crippen MR) is 77.7 cm³/mol. The van der Waals surface area contributed by atoms with Crippen LogP contribution < -0.4 is 16.0 Å². The van der Waals surface area contributed by atoms with Gasteiger partial charge in [0, 0.05) is 11.4 Å². The summed E-state index contributed by atoms with van der Waals surface area (Å²) in [5, 5.41) is 7.04. The van der Waals surface area contributed by atoms with Crippen molar-refractivity contribution in [1.82, 2.24) is 15.2 Å². The van der Waals surface area contributed by atoms with E-state index in [1.165, 1.54) is 0 Å². The van der Waals surface area contributed by atoms with E-state index in [0.717, 1.165) is 27.7 Å². The van der Waals surface area contributed by atoms with Gasteiger partial charge in [0.15, 0.2) is 5.75 Å². The van der Waals surface area contributed by atoms with Gasteiger partial charge in [0.1, 0.15) is 11.7 Å². The van der Waals surface area contributed by atoms with Gasteiger partial charge in [-0.25, -0.2) is 5.43 Å². The van der Waals surface area contributed by atoms with Gasteiger partial charge in [-0.1, -0.05) is 11.6 Å². The number of nitrogens with one attached hydrogen (secondary N) is 1. The van der Waals surface area contributed by atoms with Crippen LogP contribution in [0.3, 0.4) is 0 Å². The molecule has 0 spiro atoms. The maximum Gasteiger partial charge on any atom is 0.162 e. The fourth-order valence-electron chi connectivity index (χ4n) is 2.00. The standard InChI is InChI=1S/C12H17ClN4OS/c1-4-17-11(8(18-3)5-15-17)10(16-14)12-9(13)7(2)6-19-12/h5-6,10,16H,4,14H2,1-3H3. The van der Waals surface area contributed by atoms with E-state index in [1.807, 2.05) is 23.9 Å². The zero-order chi connectivity index (χ0) is 14.0. The Labute approximate surface area is 121 Å². The number of methoxy groups -OCH3 is 1. The van der Waals surface area contributed by atoms with Gasteiger partial charge >= 0.3 is 0 Å². The van der Waals surface area contributed by atoms with Gasteiger partial charge in [0.05, 0.1) is 18.3 Å². The largest absolute Gasteiger partial charge is 0.493 e. The molecule has 0 bridgehead atoms. The van der Waals surface area contributed by atoms with Crippen molar-refractivity contribution in [2.75, 3.05) is 7.11 Å². The van der Waals surface area contributed by atoms with Crippen LogP contribution in [-0.4, -0.2) is 16.9 Å². The van der Waals surface area contributed by atoms with E-state index >= 15 is 0 Å². The first-order valence-electron chi connectivity index (χ1n) is 5.93. The second kappa shape index (κ2) is 5.92. The van der Waals surface area contributed by atoms with Gasteiger partial charge in [0.25, 0.3) is 0 Å². The van der Waals surface area contributed by atoms with E-state index in [0.29, 0.717) is 5.75 Å². The minimum absolute atomic E-state index is 0.233. The van der Waals surface area contributed by atoms with Gasteiger partial charge in [-0.05, 0) is 24.8 Å². The number of hydrogen-bond acceptors (Lipinski definition) is 5. The molecule has 0 aliphatic carbocycles. The monoisotopic (exact) mass is 300 g/mol. The summed E-state index contributed by atoms with van der Waals surface area (Å²) in [6, 6.07) is -0.233. The summed E-state index contributed by atoms with van der Waals surface area (Å²) in [4.78, 5) is 0.968. The Morgan fingerprint density at radius 2 is 2.37 bits per heavy atom. The average molecular weight is 301 g/mol. The fraction of sp³-hybridized carbons (Fsp3) is 0.417. The Bertz CT molecular complexity index is 545. The molecule has 0 radical (unpaired) electrons. The highest BCUT2D eigenvalue weighted by atomic mass is 35.5. The molecule has 0 saturated carbocycles. The zero-order valence-corrected chi connectivity index (χ0v) is 12.7. The van der Waals surface area contributed by atoms with Crippen molar-refractivity contribution >= 4 is 22.9 Å². The van der Waals surface area contributed by atoms with Crippen molar-refractivity contribution in [2.45, 2.75) is 26.4 Å². The van der Waals surface area contributed by atoms with Crippen molar-refractivity contribution in [1.29, 1.82) is 0 Å². The van der Waals surface area contributed by atoms with Crippen LogP contribution >= 0.6 is 22.9 Å². The first-order valence-corrected chi connectivity index (χ1v) is 7.19. The van der Waals surface area contributed by atoms with Crippen molar-refractivity contribution < 1.29 is 4.74 Å². The van der Waals surface area contributed by atoms with Gasteiger partial charge in [-0.3, -0.25) is 10.5 Å². The van der Waals surface area contributed by atoms with Gasteiger partial charge < -0.3 is 4.74 Å². The van der Waals surface area contributed by atoms with E-state index in [4.69, 9.17) is 22.2 Å². The smallest absolute Gasteiger partial charge is 0.162 e. The first kappa shape index (κ1) is 14.3. The minimum Gasteiger partial charge on any atom is -0.493 e. The van der Waals surface area contributed by atoms with E-state index in [1.54, 1.807) is 24.6 Å². The molecule has 0 amide bonds. The Morgan fingerprint density at radius 1 is 1.63 bits per heavy atom. The lowest BCUT2D eigenvalue weighted by atomic mass is 10.1. The number of rotatable bonds is 5. The Balaban J connectivity index is 2.53. The summed E-state index contributed by atoms with van der Waals surface area (Å²) in [6.07, 6.45) is 1.69. The summed E-state index contributed by atoms with van der Waals surface area (Å²) in [5.74, 6) is 6.42. The minimum atomic E-state index is -0.233. The molecule has 2 aromatic heterocycles. The maximum absolute atomic E-state index is 6.33. The molecular weight excluding hydrogens is 284 g/mol. The Hall–Kier alpha value is -1.08. The predicted octanol–water partition coefficient (Wildman–Crippen LogP) is 2.49. The van der Waals surface area contributed by atoms with Gasteiger partial charge in [0.2, 0.25) is 0 Å². The lowest BCUT2D eigenvalue weighted by molar-refractivity contribution is 0.400. The van der Waals surface area contributed by atoms with E-state index in [-0.39, 0.29) is 6.04 Å². The normalized spacial score (nSPS) is 12.7. The SMILES string of the molecule is CCn1ncc(OC)c1C(NN)c1scc(C)c1Cl. The molecule has 0 aliphatic heterocycles. The highest BCUT2D eigenvalue weighted by Gasteiger charge is 2.26. The summed E-state index contributed by atoms with van der Waals surface area (Å²) in [5.41, 5.74) is 4.74. The lowest BCUT2D eigenvalue weighted by Crippen LogP contribution is -2.30. The quantitative estimate of drug-likeness (QED) is 0.658. The summed E-state index contributed by atoms with van der Waals surface area (Å²) >= 11 is 7.91. The van der Waals surface area contributed by atoms with Crippen LogP contribution in [0.2, 0.25) is 5.02 Å². The number of nitrogens with two attached hydrogens (primary N) is 1. The lowest BCUT2D eigenvalue weighted by Gasteiger charge is -2.18. The molecule has 7 heteroatoms. The second-order valence-electron chi connectivity index (χ2n) is 4.11. The average Bonchev–Trinajstić information content (AvgIpc) is 2.98. The van der Waals surface area contributed by atoms with Crippen LogP contribution in [0.4, 0.5) is 0 Å². The number of hydrazine groups is 1. The van der Waals surface area contributed by atoms with Crippen molar-refractivity contribution in [2.24, 2.45) is 5.84 Å². The number of hydrogen-bond donors (Lipinski definition) is 2. The van der Waals surface area contributed by atoms with Crippen molar-refractivity contribution in [3.63, 3.8) is 0 Å². The van der Waals surface area contributed by atoms with Gasteiger partial charge in [-0.15, -0.1) is 11.3 Å². The second-order valence-corrected chi connectivity index (χ2v) is 5.40. The molecule has 0 aromatic carbocycles. The molecule has 1 atom stereocenters. The van der Waals surface area contributed by atoms with Gasteiger partial charge in [-0.2, -0.15) is 5.10 Å². The van der Waals surface area contributed by atoms with E-state index in [2.05, 4.69) is 10.5 Å². The molecule has 0 fully saturated rings. The summed E-state index contributed by atoms with van der Waals surface area (Å²) < 4.78 is 7.22. The van der Waals surface area contributed by atoms with Crippen LogP contribution in [-0.2, 0) is 6.54 Å². The topological polar surface area (TPSA) is 65.1 Å². The number of halogens is 1. The third-order valence-electron chi connectivity index (χ3n) is 2.99. The van der Waals surface area contributed by atoms with Crippen LogP contribution in [0.15, 0.2) is 11.6 Å². The molecule has 2 heterocycles. The number of thiophene rings is 1. The highest BCUT2D eigenvalue weighted by Crippen LogP contribution is 2.38. The van der Waals surface area contributed by atoms with Crippen LogP contribution in [0.1, 0.15) is 29.1 Å². The molecule has 5 nitrogen and oxygen atoms in total. The fourth-order valence-corrected chi connectivity index (χ4v) is 3.37. The third-order valence-corrected chi connectivity index (χ3v) is 4.77. The number of nitrogens with zero attached hydrogens (tertiary/aromatic N) is 2. The third kappa shape index (κ3) is 2.49. The Morgan fingerprint density at radius 3 is 2.84 bits per heavy atom. The maximum atomic E-state index is 6.33. The van der Waals surface area contributed by atoms with Crippen LogP contribution in [0, 0.1) is 6.92 Å². The summed E-state index contributed by atoms with van der Waals surface area (Å²) in [6.45, 7) is 4.73. The van der Waals surface area contributed by atoms with E-state index < -0.39 is 0 Å². The van der Waals surface area contributed by atoms with Crippen molar-refractivity contribution in [3.05, 3.63) is 32.7 Å². The molecule has 3 N–H and O–H groups in total. The van der Waals surface area contributed by atoms with E-state index in [9.17, 15) is 0 Å². The molecule has 2 aromatic rings. The van der Waals surface area contributed by atoms with Crippen LogP contribution in [0.25, 0.3) is 0 Å². The molecule has 19 heavy (non-hydrogen) atoms. The first-order chi connectivity index (χ1) is 9.13. The highest BCUT2D eigenvalue weighted by molar-refractivity contribution is 7.10. The number of aryl methyl sites for hydroxylation is 2. The molecule has 0 saturated heterocycles. The number of ether oxygens (including phenoxy) is 1. The van der Waals surface area contributed by atoms with Crippen molar-refractivity contribution in [3.8, 4) is 5.75 Å². The Kier molecular flexibility index (Phi) is 4.46. The zero-order valence-electron chi connectivity index (χ0n) is 11.1. The van der Waals surface area contributed by atoms with Crippen LogP contribution in [0.5, 0.6) is 5.75 Å². The molecule has 1 unspecified atom stereocenters. The number of aromatic nitrogens is 2. The summed E-state index contributed by atoms with van der Waals surface area (Å²) in [7, 11) is 1.62. The molecule has 104 valence electrons.